The Labute approximate surface area is 173 Å². The molecule has 3 aromatic rings. The van der Waals surface area contributed by atoms with Gasteiger partial charge in [0.05, 0.1) is 10.6 Å². The van der Waals surface area contributed by atoms with E-state index in [2.05, 4.69) is 15.6 Å². The molecule has 1 amide bonds. The van der Waals surface area contributed by atoms with Gasteiger partial charge in [0.25, 0.3) is 11.6 Å². The molecule has 2 aromatic carbocycles. The molecular weight excluding hydrogens is 416 g/mol. The summed E-state index contributed by atoms with van der Waals surface area (Å²) in [7, 11) is 0. The summed E-state index contributed by atoms with van der Waals surface area (Å²) in [5, 5.41) is 18.6. The molecule has 0 atom stereocenters. The van der Waals surface area contributed by atoms with Gasteiger partial charge >= 0.3 is 0 Å². The standard InChI is InChI=1S/C18H12N4O5S2/c23-16(11-4-5-14-15(7-11)27-9-26-14)20-17(28)21-18-19-13(8-29-18)10-2-1-3-12(6-10)22(24)25/h1-8H,9H2,(H2,19,20,21,23,28). The Balaban J connectivity index is 1.41. The van der Waals surface area contributed by atoms with Crippen LogP contribution in [0.1, 0.15) is 10.4 Å². The molecule has 0 radical (unpaired) electrons. The van der Waals surface area contributed by atoms with Gasteiger partial charge in [-0.3, -0.25) is 20.2 Å². The van der Waals surface area contributed by atoms with Crippen LogP contribution in [0.4, 0.5) is 10.8 Å². The van der Waals surface area contributed by atoms with Gasteiger partial charge in [-0.25, -0.2) is 4.98 Å². The summed E-state index contributed by atoms with van der Waals surface area (Å²) in [6.45, 7) is 0.122. The van der Waals surface area contributed by atoms with Crippen molar-refractivity contribution in [1.29, 1.82) is 0 Å². The molecule has 0 fully saturated rings. The fourth-order valence-electron chi connectivity index (χ4n) is 2.58. The number of amides is 1. The average molecular weight is 428 g/mol. The van der Waals surface area contributed by atoms with Crippen molar-refractivity contribution in [2.24, 2.45) is 0 Å². The molecule has 1 aliphatic rings. The van der Waals surface area contributed by atoms with Crippen molar-refractivity contribution in [3.05, 3.63) is 63.5 Å². The van der Waals surface area contributed by atoms with Crippen LogP contribution in [-0.2, 0) is 0 Å². The molecule has 1 aliphatic heterocycles. The van der Waals surface area contributed by atoms with Crippen molar-refractivity contribution in [2.75, 3.05) is 12.1 Å². The lowest BCUT2D eigenvalue weighted by atomic mass is 10.1. The number of thiocarbonyl (C=S) groups is 1. The zero-order chi connectivity index (χ0) is 20.4. The lowest BCUT2D eigenvalue weighted by molar-refractivity contribution is -0.384. The van der Waals surface area contributed by atoms with Gasteiger partial charge in [-0.15, -0.1) is 11.3 Å². The molecule has 0 aliphatic carbocycles. The highest BCUT2D eigenvalue weighted by Gasteiger charge is 2.17. The third-order valence-electron chi connectivity index (χ3n) is 3.94. The minimum Gasteiger partial charge on any atom is -0.454 e. The number of aromatic nitrogens is 1. The molecule has 4 rings (SSSR count). The van der Waals surface area contributed by atoms with E-state index in [9.17, 15) is 14.9 Å². The molecule has 0 unspecified atom stereocenters. The number of hydrogen-bond donors (Lipinski definition) is 2. The van der Waals surface area contributed by atoms with Crippen LogP contribution in [-0.4, -0.2) is 27.7 Å². The maximum Gasteiger partial charge on any atom is 0.270 e. The first-order valence-corrected chi connectivity index (χ1v) is 9.51. The third kappa shape index (κ3) is 4.15. The highest BCUT2D eigenvalue weighted by molar-refractivity contribution is 7.80. The lowest BCUT2D eigenvalue weighted by Gasteiger charge is -2.07. The monoisotopic (exact) mass is 428 g/mol. The number of nitrogens with zero attached hydrogens (tertiary/aromatic N) is 2. The molecule has 1 aromatic heterocycles. The summed E-state index contributed by atoms with van der Waals surface area (Å²) in [6, 6.07) is 11.0. The minimum absolute atomic E-state index is 0.0171. The van der Waals surface area contributed by atoms with Crippen molar-refractivity contribution >= 4 is 45.4 Å². The number of nitro benzene ring substituents is 1. The molecule has 2 heterocycles. The van der Waals surface area contributed by atoms with E-state index in [0.29, 0.717) is 33.5 Å². The lowest BCUT2D eigenvalue weighted by Crippen LogP contribution is -2.34. The Kier molecular flexibility index (Phi) is 5.06. The summed E-state index contributed by atoms with van der Waals surface area (Å²) in [5.41, 5.74) is 1.52. The quantitative estimate of drug-likeness (QED) is 0.368. The van der Waals surface area contributed by atoms with Gasteiger partial charge in [-0.1, -0.05) is 12.1 Å². The van der Waals surface area contributed by atoms with Crippen LogP contribution >= 0.6 is 23.6 Å². The number of anilines is 1. The number of nitro groups is 1. The molecule has 29 heavy (non-hydrogen) atoms. The highest BCUT2D eigenvalue weighted by atomic mass is 32.1. The second-order valence-electron chi connectivity index (χ2n) is 5.82. The van der Waals surface area contributed by atoms with Crippen molar-refractivity contribution < 1.29 is 19.2 Å². The predicted octanol–water partition coefficient (Wildman–Crippen LogP) is 3.57. The number of fused-ring (bicyclic) bond motifs is 1. The summed E-state index contributed by atoms with van der Waals surface area (Å²) >= 11 is 6.43. The van der Waals surface area contributed by atoms with Crippen molar-refractivity contribution in [3.8, 4) is 22.8 Å². The van der Waals surface area contributed by atoms with Gasteiger partial charge in [0.2, 0.25) is 6.79 Å². The largest absolute Gasteiger partial charge is 0.454 e. The Hall–Kier alpha value is -3.57. The average Bonchev–Trinajstić information content (AvgIpc) is 3.36. The minimum atomic E-state index is -0.462. The molecule has 0 spiro atoms. The molecular formula is C18H12N4O5S2. The zero-order valence-corrected chi connectivity index (χ0v) is 16.2. The number of hydrogen-bond acceptors (Lipinski definition) is 8. The molecule has 0 bridgehead atoms. The Morgan fingerprint density at radius 1 is 1.21 bits per heavy atom. The first-order chi connectivity index (χ1) is 14.0. The highest BCUT2D eigenvalue weighted by Crippen LogP contribution is 2.32. The van der Waals surface area contributed by atoms with Crippen molar-refractivity contribution in [3.63, 3.8) is 0 Å². The second-order valence-corrected chi connectivity index (χ2v) is 7.09. The number of thiazole rings is 1. The normalized spacial score (nSPS) is 11.7. The Morgan fingerprint density at radius 2 is 2.03 bits per heavy atom. The van der Waals surface area contributed by atoms with Gasteiger partial charge in [-0.05, 0) is 30.4 Å². The molecule has 146 valence electrons. The van der Waals surface area contributed by atoms with E-state index in [0.717, 1.165) is 0 Å². The number of benzene rings is 2. The summed E-state index contributed by atoms with van der Waals surface area (Å²) in [6.07, 6.45) is 0. The van der Waals surface area contributed by atoms with Gasteiger partial charge < -0.3 is 14.8 Å². The Morgan fingerprint density at radius 3 is 2.86 bits per heavy atom. The number of carbonyl (C=O) groups is 1. The van der Waals surface area contributed by atoms with Crippen molar-refractivity contribution in [2.45, 2.75) is 0 Å². The zero-order valence-electron chi connectivity index (χ0n) is 14.6. The third-order valence-corrected chi connectivity index (χ3v) is 4.90. The predicted molar refractivity (Wildman–Crippen MR) is 110 cm³/mol. The van der Waals surface area contributed by atoms with E-state index in [4.69, 9.17) is 21.7 Å². The number of carbonyl (C=O) groups excluding carboxylic acids is 1. The van der Waals surface area contributed by atoms with Crippen LogP contribution in [0.15, 0.2) is 47.8 Å². The smallest absolute Gasteiger partial charge is 0.270 e. The summed E-state index contributed by atoms with van der Waals surface area (Å²) in [5.74, 6) is 0.674. The van der Waals surface area contributed by atoms with E-state index >= 15 is 0 Å². The molecule has 2 N–H and O–H groups in total. The number of rotatable bonds is 4. The first kappa shape index (κ1) is 18.8. The van der Waals surface area contributed by atoms with Gasteiger partial charge in [0.1, 0.15) is 0 Å². The van der Waals surface area contributed by atoms with Crippen LogP contribution in [0.5, 0.6) is 11.5 Å². The van der Waals surface area contributed by atoms with Crippen LogP contribution < -0.4 is 20.1 Å². The van der Waals surface area contributed by atoms with E-state index in [1.807, 2.05) is 0 Å². The number of non-ortho nitro benzene ring substituents is 1. The number of nitrogens with one attached hydrogen (secondary N) is 2. The molecule has 0 saturated carbocycles. The van der Waals surface area contributed by atoms with Crippen molar-refractivity contribution in [1.82, 2.24) is 10.3 Å². The van der Waals surface area contributed by atoms with Gasteiger partial charge in [0, 0.05) is 28.6 Å². The summed E-state index contributed by atoms with van der Waals surface area (Å²) in [4.78, 5) is 27.2. The van der Waals surface area contributed by atoms with Crippen LogP contribution in [0.3, 0.4) is 0 Å². The SMILES string of the molecule is O=C(NC(=S)Nc1nc(-c2cccc([N+](=O)[O-])c2)cs1)c1ccc2c(c1)OCO2. The van der Waals surface area contributed by atoms with Crippen LogP contribution in [0.25, 0.3) is 11.3 Å². The number of ether oxygens (including phenoxy) is 2. The Bertz CT molecular complexity index is 1130. The van der Waals surface area contributed by atoms with E-state index < -0.39 is 10.8 Å². The molecule has 0 saturated heterocycles. The van der Waals surface area contributed by atoms with Crippen LogP contribution in [0, 0.1) is 10.1 Å². The van der Waals surface area contributed by atoms with E-state index in [1.54, 1.807) is 35.7 Å². The van der Waals surface area contributed by atoms with E-state index in [-0.39, 0.29) is 17.6 Å². The fourth-order valence-corrected chi connectivity index (χ4v) is 3.56. The van der Waals surface area contributed by atoms with Gasteiger partial charge in [0.15, 0.2) is 21.7 Å². The maximum absolute atomic E-state index is 12.4. The molecule has 11 heteroatoms. The fraction of sp³-hybridized carbons (Fsp3) is 0.0556. The van der Waals surface area contributed by atoms with Gasteiger partial charge in [-0.2, -0.15) is 0 Å². The van der Waals surface area contributed by atoms with Crippen LogP contribution in [0.2, 0.25) is 0 Å². The molecule has 9 nitrogen and oxygen atoms in total. The first-order valence-electron chi connectivity index (χ1n) is 8.22. The second kappa shape index (κ2) is 7.81. The maximum atomic E-state index is 12.4. The topological polar surface area (TPSA) is 116 Å². The van der Waals surface area contributed by atoms with E-state index in [1.165, 1.54) is 23.5 Å². The summed E-state index contributed by atoms with van der Waals surface area (Å²) < 4.78 is 10.5.